The average molecular weight is 97.1 g/mol. The van der Waals surface area contributed by atoms with Gasteiger partial charge in [0.1, 0.15) is 0 Å². The molecule has 0 N–H and O–H groups in total. The molecular weight excluding hydrogens is 88.1 g/mol. The maximum absolute atomic E-state index is 5.07. The van der Waals surface area contributed by atoms with E-state index in [0.717, 1.165) is 12.5 Å². The van der Waals surface area contributed by atoms with E-state index in [9.17, 15) is 0 Å². The van der Waals surface area contributed by atoms with E-state index in [1.165, 1.54) is 6.42 Å². The number of hydrogen-bond donors (Lipinski definition) is 0. The minimum absolute atomic E-state index is 0.606. The van der Waals surface area contributed by atoms with Gasteiger partial charge in [-0.25, -0.2) is 0 Å². The van der Waals surface area contributed by atoms with Crippen LogP contribution in [0, 0.1) is 11.8 Å². The van der Waals surface area contributed by atoms with Crippen LogP contribution in [-0.4, -0.2) is 12.7 Å². The molecule has 1 radical (unpaired) electrons. The molecule has 1 aliphatic heterocycles. The summed E-state index contributed by atoms with van der Waals surface area (Å²) in [5.74, 6) is 2.55. The fourth-order valence-electron chi connectivity index (χ4n) is 1.01. The van der Waals surface area contributed by atoms with E-state index >= 15 is 0 Å². The number of epoxide rings is 1. The van der Waals surface area contributed by atoms with Gasteiger partial charge in [-0.2, -0.15) is 0 Å². The molecule has 0 bridgehead atoms. The van der Waals surface area contributed by atoms with E-state index in [4.69, 9.17) is 4.74 Å². The number of ether oxygens (including phenoxy) is 1. The zero-order valence-electron chi connectivity index (χ0n) is 4.48. The van der Waals surface area contributed by atoms with E-state index in [1.807, 2.05) is 0 Å². The summed E-state index contributed by atoms with van der Waals surface area (Å²) < 4.78 is 5.07. The number of rotatable bonds is 1. The summed E-state index contributed by atoms with van der Waals surface area (Å²) in [6, 6.07) is 0. The molecule has 1 nitrogen and oxygen atoms in total. The standard InChI is InChI=1S/C6H9O/c1-4-2-5(4)6-3-7-6/h4,6H,2-3H2,1H3. The van der Waals surface area contributed by atoms with Gasteiger partial charge in [-0.3, -0.25) is 0 Å². The molecule has 1 heterocycles. The van der Waals surface area contributed by atoms with Crippen LogP contribution in [0.25, 0.3) is 0 Å². The molecule has 7 heavy (non-hydrogen) atoms. The van der Waals surface area contributed by atoms with Gasteiger partial charge in [-0.05, 0) is 12.3 Å². The fraction of sp³-hybridized carbons (Fsp3) is 0.833. The Labute approximate surface area is 43.7 Å². The van der Waals surface area contributed by atoms with Gasteiger partial charge >= 0.3 is 0 Å². The summed E-state index contributed by atoms with van der Waals surface area (Å²) in [6.07, 6.45) is 1.94. The molecule has 1 heteroatoms. The zero-order chi connectivity index (χ0) is 4.85. The van der Waals surface area contributed by atoms with Crippen molar-refractivity contribution < 1.29 is 4.74 Å². The molecule has 2 aliphatic rings. The van der Waals surface area contributed by atoms with Gasteiger partial charge < -0.3 is 4.74 Å². The molecule has 0 aromatic carbocycles. The second-order valence-electron chi connectivity index (χ2n) is 2.50. The first-order chi connectivity index (χ1) is 3.38. The Morgan fingerprint density at radius 2 is 2.29 bits per heavy atom. The van der Waals surface area contributed by atoms with Gasteiger partial charge in [0.05, 0.1) is 12.7 Å². The van der Waals surface area contributed by atoms with Crippen LogP contribution in [0.2, 0.25) is 0 Å². The molecule has 2 atom stereocenters. The molecule has 0 spiro atoms. The second kappa shape index (κ2) is 1.03. The van der Waals surface area contributed by atoms with Crippen molar-refractivity contribution >= 4 is 0 Å². The molecule has 2 rings (SSSR count). The third kappa shape index (κ3) is 0.556. The van der Waals surface area contributed by atoms with Crippen LogP contribution >= 0.6 is 0 Å². The Kier molecular flexibility index (Phi) is 0.571. The van der Waals surface area contributed by atoms with Crippen LogP contribution in [0.3, 0.4) is 0 Å². The highest BCUT2D eigenvalue weighted by Crippen LogP contribution is 2.48. The Hall–Kier alpha value is -0.0400. The van der Waals surface area contributed by atoms with Crippen molar-refractivity contribution in [2.24, 2.45) is 5.92 Å². The molecule has 0 aromatic rings. The maximum Gasteiger partial charge on any atom is 0.0875 e. The van der Waals surface area contributed by atoms with Crippen molar-refractivity contribution in [3.05, 3.63) is 5.92 Å². The fourth-order valence-corrected chi connectivity index (χ4v) is 1.01. The Morgan fingerprint density at radius 1 is 1.71 bits per heavy atom. The zero-order valence-corrected chi connectivity index (χ0v) is 4.48. The molecule has 1 saturated carbocycles. The van der Waals surface area contributed by atoms with E-state index in [0.29, 0.717) is 6.10 Å². The smallest absolute Gasteiger partial charge is 0.0875 e. The second-order valence-corrected chi connectivity index (χ2v) is 2.50. The first kappa shape index (κ1) is 3.90. The number of hydrogen-bond acceptors (Lipinski definition) is 1. The Balaban J connectivity index is 1.88. The summed E-state index contributed by atoms with van der Waals surface area (Å²) in [5, 5.41) is 0. The van der Waals surface area contributed by atoms with Gasteiger partial charge in [0.2, 0.25) is 0 Å². The van der Waals surface area contributed by atoms with Gasteiger partial charge in [0.15, 0.2) is 0 Å². The molecule has 1 aliphatic carbocycles. The normalized spacial score (nSPS) is 49.3. The quantitative estimate of drug-likeness (QED) is 0.445. The van der Waals surface area contributed by atoms with Crippen molar-refractivity contribution in [1.82, 2.24) is 0 Å². The summed E-state index contributed by atoms with van der Waals surface area (Å²) in [7, 11) is 0. The van der Waals surface area contributed by atoms with E-state index in [-0.39, 0.29) is 0 Å². The summed E-state index contributed by atoms with van der Waals surface area (Å²) in [4.78, 5) is 0. The van der Waals surface area contributed by atoms with Crippen LogP contribution in [-0.2, 0) is 4.74 Å². The molecular formula is C6H9O. The first-order valence-corrected chi connectivity index (χ1v) is 2.85. The third-order valence-electron chi connectivity index (χ3n) is 1.76. The molecule has 2 unspecified atom stereocenters. The molecule has 0 aromatic heterocycles. The molecule has 0 amide bonds. The van der Waals surface area contributed by atoms with Crippen molar-refractivity contribution in [1.29, 1.82) is 0 Å². The molecule has 39 valence electrons. The molecule has 2 fully saturated rings. The van der Waals surface area contributed by atoms with Crippen molar-refractivity contribution in [2.75, 3.05) is 6.61 Å². The predicted octanol–water partition coefficient (Wildman–Crippen LogP) is 0.999. The maximum atomic E-state index is 5.07. The lowest BCUT2D eigenvalue weighted by molar-refractivity contribution is 0.423. The molecule has 1 saturated heterocycles. The average Bonchev–Trinajstić information content (AvgIpc) is 2.23. The third-order valence-corrected chi connectivity index (χ3v) is 1.76. The minimum Gasteiger partial charge on any atom is -0.372 e. The highest BCUT2D eigenvalue weighted by Gasteiger charge is 2.46. The van der Waals surface area contributed by atoms with Gasteiger partial charge in [-0.1, -0.05) is 6.92 Å². The highest BCUT2D eigenvalue weighted by atomic mass is 16.6. The topological polar surface area (TPSA) is 12.5 Å². The minimum atomic E-state index is 0.606. The lowest BCUT2D eigenvalue weighted by atomic mass is 10.3. The largest absolute Gasteiger partial charge is 0.372 e. The van der Waals surface area contributed by atoms with E-state index in [2.05, 4.69) is 6.92 Å². The van der Waals surface area contributed by atoms with Crippen LogP contribution in [0.4, 0.5) is 0 Å². The van der Waals surface area contributed by atoms with Gasteiger partial charge in [-0.15, -0.1) is 0 Å². The monoisotopic (exact) mass is 97.1 g/mol. The Bertz CT molecular complexity index is 86.2. The van der Waals surface area contributed by atoms with E-state index in [1.54, 1.807) is 5.92 Å². The van der Waals surface area contributed by atoms with Crippen molar-refractivity contribution in [3.8, 4) is 0 Å². The lowest BCUT2D eigenvalue weighted by Crippen LogP contribution is -1.84. The SMILES string of the molecule is CC1C[C]1C1CO1. The van der Waals surface area contributed by atoms with Gasteiger partial charge in [0, 0.05) is 5.92 Å². The first-order valence-electron chi connectivity index (χ1n) is 2.85. The summed E-state index contributed by atoms with van der Waals surface area (Å²) in [6.45, 7) is 3.27. The van der Waals surface area contributed by atoms with Crippen molar-refractivity contribution in [3.63, 3.8) is 0 Å². The Morgan fingerprint density at radius 3 is 2.43 bits per heavy atom. The summed E-state index contributed by atoms with van der Waals surface area (Å²) in [5.41, 5.74) is 0. The highest BCUT2D eigenvalue weighted by molar-refractivity contribution is 5.20. The summed E-state index contributed by atoms with van der Waals surface area (Å²) >= 11 is 0. The van der Waals surface area contributed by atoms with E-state index < -0.39 is 0 Å². The van der Waals surface area contributed by atoms with Crippen LogP contribution in [0.5, 0.6) is 0 Å². The van der Waals surface area contributed by atoms with Crippen LogP contribution in [0.1, 0.15) is 13.3 Å². The van der Waals surface area contributed by atoms with Gasteiger partial charge in [0.25, 0.3) is 0 Å². The lowest BCUT2D eigenvalue weighted by Gasteiger charge is -1.78. The van der Waals surface area contributed by atoms with Crippen LogP contribution in [0.15, 0.2) is 0 Å². The van der Waals surface area contributed by atoms with Crippen molar-refractivity contribution in [2.45, 2.75) is 19.4 Å². The van der Waals surface area contributed by atoms with Crippen LogP contribution < -0.4 is 0 Å². The predicted molar refractivity (Wildman–Crippen MR) is 26.8 cm³/mol.